The first kappa shape index (κ1) is 23.1. The van der Waals surface area contributed by atoms with Crippen molar-refractivity contribution in [1.82, 2.24) is 14.5 Å². The van der Waals surface area contributed by atoms with E-state index in [1.165, 1.54) is 6.08 Å². The largest absolute Gasteiger partial charge is 0.491 e. The molecule has 1 atom stereocenters. The maximum absolute atomic E-state index is 13.2. The van der Waals surface area contributed by atoms with Gasteiger partial charge in [-0.2, -0.15) is 0 Å². The second-order valence-electron chi connectivity index (χ2n) is 9.08. The van der Waals surface area contributed by atoms with Crippen molar-refractivity contribution in [3.8, 4) is 5.75 Å². The van der Waals surface area contributed by atoms with Crippen LogP contribution in [-0.2, 0) is 16.1 Å². The van der Waals surface area contributed by atoms with Crippen LogP contribution in [-0.4, -0.2) is 52.6 Å². The molecular weight excluding hydrogens is 444 g/mol. The van der Waals surface area contributed by atoms with Gasteiger partial charge in [-0.3, -0.25) is 14.9 Å². The van der Waals surface area contributed by atoms with Crippen LogP contribution in [0.2, 0.25) is 0 Å². The first-order chi connectivity index (χ1) is 17.0. The van der Waals surface area contributed by atoms with Gasteiger partial charge in [-0.05, 0) is 56.5 Å². The van der Waals surface area contributed by atoms with E-state index in [-0.39, 0.29) is 17.9 Å². The van der Waals surface area contributed by atoms with Gasteiger partial charge in [0.05, 0.1) is 30.3 Å². The molecule has 8 heteroatoms. The Hall–Kier alpha value is -3.65. The molecule has 2 aliphatic heterocycles. The summed E-state index contributed by atoms with van der Waals surface area (Å²) in [7, 11) is 0. The van der Waals surface area contributed by atoms with E-state index in [2.05, 4.69) is 16.5 Å². The third-order valence-corrected chi connectivity index (χ3v) is 6.65. The molecule has 1 N–H and O–H groups in total. The summed E-state index contributed by atoms with van der Waals surface area (Å²) in [5, 5.41) is 3.05. The Kier molecular flexibility index (Phi) is 6.55. The van der Waals surface area contributed by atoms with Gasteiger partial charge in [0.2, 0.25) is 11.9 Å². The van der Waals surface area contributed by atoms with Gasteiger partial charge in [0, 0.05) is 24.2 Å². The Bertz CT molecular complexity index is 1280. The number of fused-ring (bicyclic) bond motifs is 3. The zero-order valence-electron chi connectivity index (χ0n) is 20.0. The first-order valence-electron chi connectivity index (χ1n) is 12.1. The maximum atomic E-state index is 13.2. The summed E-state index contributed by atoms with van der Waals surface area (Å²) in [6.45, 7) is 8.20. The predicted octanol–water partition coefficient (Wildman–Crippen LogP) is 4.25. The molecule has 0 aliphatic carbocycles. The number of hydrogen-bond acceptors (Lipinski definition) is 5. The van der Waals surface area contributed by atoms with E-state index in [1.807, 2.05) is 42.2 Å². The molecule has 0 saturated carbocycles. The number of imidazole rings is 1. The molecule has 1 saturated heterocycles. The minimum Gasteiger partial charge on any atom is -0.491 e. The molecule has 0 unspecified atom stereocenters. The molecule has 0 radical (unpaired) electrons. The lowest BCUT2D eigenvalue weighted by molar-refractivity contribution is -0.126. The number of rotatable bonds is 4. The number of nitrogens with zero attached hydrogens (tertiary/aromatic N) is 3. The Morgan fingerprint density at radius 2 is 2.09 bits per heavy atom. The number of nitrogens with one attached hydrogen (secondary N) is 1. The fourth-order valence-corrected chi connectivity index (χ4v) is 4.96. The van der Waals surface area contributed by atoms with Gasteiger partial charge in [0.25, 0.3) is 5.91 Å². The highest BCUT2D eigenvalue weighted by molar-refractivity contribution is 6.04. The van der Waals surface area contributed by atoms with Gasteiger partial charge in [0.15, 0.2) is 0 Å². The summed E-state index contributed by atoms with van der Waals surface area (Å²) in [6.07, 6.45) is 4.09. The van der Waals surface area contributed by atoms with E-state index >= 15 is 0 Å². The first-order valence-corrected chi connectivity index (χ1v) is 12.1. The maximum Gasteiger partial charge on any atom is 0.257 e. The highest BCUT2D eigenvalue weighted by Crippen LogP contribution is 2.36. The molecule has 5 rings (SSSR count). The molecule has 182 valence electrons. The lowest BCUT2D eigenvalue weighted by atomic mass is 10.1. The van der Waals surface area contributed by atoms with E-state index in [9.17, 15) is 9.59 Å². The lowest BCUT2D eigenvalue weighted by Gasteiger charge is -2.26. The van der Waals surface area contributed by atoms with Gasteiger partial charge >= 0.3 is 0 Å². The number of ether oxygens (including phenoxy) is 2. The summed E-state index contributed by atoms with van der Waals surface area (Å²) in [5.41, 5.74) is 4.12. The normalized spacial score (nSPS) is 18.2. The minimum atomic E-state index is -0.225. The zero-order valence-corrected chi connectivity index (χ0v) is 20.0. The van der Waals surface area contributed by atoms with Crippen molar-refractivity contribution in [2.45, 2.75) is 38.8 Å². The lowest BCUT2D eigenvalue weighted by Crippen LogP contribution is -2.34. The molecule has 2 aliphatic rings. The van der Waals surface area contributed by atoms with Crippen molar-refractivity contribution in [1.29, 1.82) is 0 Å². The Labute approximate surface area is 204 Å². The Balaban J connectivity index is 1.63. The average Bonchev–Trinajstić information content (AvgIpc) is 3.04. The average molecular weight is 475 g/mol. The van der Waals surface area contributed by atoms with E-state index in [0.29, 0.717) is 44.4 Å². The van der Waals surface area contributed by atoms with Crippen LogP contribution >= 0.6 is 0 Å². The second kappa shape index (κ2) is 9.92. The van der Waals surface area contributed by atoms with Gasteiger partial charge in [0.1, 0.15) is 12.4 Å². The van der Waals surface area contributed by atoms with E-state index in [1.54, 1.807) is 6.07 Å². The Morgan fingerprint density at radius 3 is 2.91 bits per heavy atom. The zero-order chi connectivity index (χ0) is 24.4. The number of benzene rings is 2. The monoisotopic (exact) mass is 474 g/mol. The summed E-state index contributed by atoms with van der Waals surface area (Å²) in [4.78, 5) is 32.4. The molecule has 1 fully saturated rings. The SMILES string of the molecule is C=CC(=O)N1CCCC[C@@H](n2c(NC(=O)c3cccc(C)c3)nc3ccc4c(c32)COCCO4)C1. The predicted molar refractivity (Wildman–Crippen MR) is 134 cm³/mol. The van der Waals surface area contributed by atoms with Gasteiger partial charge < -0.3 is 18.9 Å². The molecule has 8 nitrogen and oxygen atoms in total. The molecule has 2 amide bonds. The number of carbonyl (C=O) groups is 2. The summed E-state index contributed by atoms with van der Waals surface area (Å²) in [6, 6.07) is 11.2. The standard InChI is InChI=1S/C27H30N4O4/c1-3-24(32)30-12-5-4-9-20(16-30)31-25-21-17-34-13-14-35-23(21)11-10-22(25)28-27(31)29-26(33)19-8-6-7-18(2)15-19/h3,6-8,10-11,15,20H,1,4-5,9,12-14,16-17H2,2H3,(H,28,29,33)/t20-/m1/s1. The fraction of sp³-hybridized carbons (Fsp3) is 0.370. The van der Waals surface area contributed by atoms with Crippen molar-refractivity contribution >= 4 is 28.8 Å². The van der Waals surface area contributed by atoms with Crippen LogP contribution in [0.4, 0.5) is 5.95 Å². The summed E-state index contributed by atoms with van der Waals surface area (Å²) < 4.78 is 13.8. The highest BCUT2D eigenvalue weighted by atomic mass is 16.5. The van der Waals surface area contributed by atoms with Crippen molar-refractivity contribution in [3.05, 3.63) is 65.7 Å². The smallest absolute Gasteiger partial charge is 0.257 e. The van der Waals surface area contributed by atoms with Gasteiger partial charge in [-0.1, -0.05) is 24.3 Å². The molecule has 0 spiro atoms. The minimum absolute atomic E-state index is 0.0750. The molecule has 0 bridgehead atoms. The van der Waals surface area contributed by atoms with Crippen LogP contribution in [0, 0.1) is 6.92 Å². The van der Waals surface area contributed by atoms with Crippen LogP contribution in [0.25, 0.3) is 11.0 Å². The van der Waals surface area contributed by atoms with Gasteiger partial charge in [-0.25, -0.2) is 4.98 Å². The molecular formula is C27H30N4O4. The summed E-state index contributed by atoms with van der Waals surface area (Å²) in [5.74, 6) is 0.913. The van der Waals surface area contributed by atoms with Gasteiger partial charge in [-0.15, -0.1) is 0 Å². The quantitative estimate of drug-likeness (QED) is 0.572. The van der Waals surface area contributed by atoms with Crippen molar-refractivity contribution in [2.75, 3.05) is 31.6 Å². The van der Waals surface area contributed by atoms with Crippen LogP contribution in [0.1, 0.15) is 46.8 Å². The summed E-state index contributed by atoms with van der Waals surface area (Å²) >= 11 is 0. The molecule has 3 aromatic rings. The number of hydrogen-bond donors (Lipinski definition) is 1. The van der Waals surface area contributed by atoms with Crippen LogP contribution < -0.4 is 10.1 Å². The molecule has 35 heavy (non-hydrogen) atoms. The van der Waals surface area contributed by atoms with E-state index in [0.717, 1.165) is 47.2 Å². The number of carbonyl (C=O) groups excluding carboxylic acids is 2. The Morgan fingerprint density at radius 1 is 1.20 bits per heavy atom. The fourth-order valence-electron chi connectivity index (χ4n) is 4.96. The van der Waals surface area contributed by atoms with E-state index in [4.69, 9.17) is 14.5 Å². The van der Waals surface area contributed by atoms with Crippen LogP contribution in [0.3, 0.4) is 0 Å². The number of aromatic nitrogens is 2. The second-order valence-corrected chi connectivity index (χ2v) is 9.08. The number of aryl methyl sites for hydroxylation is 1. The third kappa shape index (κ3) is 4.66. The highest BCUT2D eigenvalue weighted by Gasteiger charge is 2.29. The number of amides is 2. The van der Waals surface area contributed by atoms with Crippen molar-refractivity contribution < 1.29 is 19.1 Å². The van der Waals surface area contributed by atoms with E-state index < -0.39 is 0 Å². The van der Waals surface area contributed by atoms with Crippen LogP contribution in [0.15, 0.2) is 49.1 Å². The van der Waals surface area contributed by atoms with Crippen LogP contribution in [0.5, 0.6) is 5.75 Å². The topological polar surface area (TPSA) is 85.7 Å². The molecule has 1 aromatic heterocycles. The number of likely N-dealkylation sites (tertiary alicyclic amines) is 1. The molecule has 3 heterocycles. The van der Waals surface area contributed by atoms with Crippen molar-refractivity contribution in [2.24, 2.45) is 0 Å². The van der Waals surface area contributed by atoms with Crippen molar-refractivity contribution in [3.63, 3.8) is 0 Å². The molecule has 2 aromatic carbocycles. The number of anilines is 1. The third-order valence-electron chi connectivity index (χ3n) is 6.65.